The van der Waals surface area contributed by atoms with Gasteiger partial charge in [-0.3, -0.25) is 4.18 Å². The first-order chi connectivity index (χ1) is 12.1. The standard InChI is InChI=1S/C21H20O3S/c1-17-10-8-9-15-21(17)25(22,23)24-16-20(18-11-4-2-5-12-18)19-13-6-3-7-14-19/h2-15,20H,16H2,1H3. The highest BCUT2D eigenvalue weighted by Gasteiger charge is 2.22. The van der Waals surface area contributed by atoms with Crippen LogP contribution in [-0.4, -0.2) is 15.0 Å². The van der Waals surface area contributed by atoms with E-state index in [0.717, 1.165) is 11.1 Å². The van der Waals surface area contributed by atoms with Crippen LogP contribution in [-0.2, 0) is 14.3 Å². The fourth-order valence-corrected chi connectivity index (χ4v) is 3.96. The fraction of sp³-hybridized carbons (Fsp3) is 0.143. The number of benzene rings is 3. The van der Waals surface area contributed by atoms with Crippen LogP contribution in [0.5, 0.6) is 0 Å². The highest BCUT2D eigenvalue weighted by molar-refractivity contribution is 7.86. The van der Waals surface area contributed by atoms with Crippen molar-refractivity contribution in [3.8, 4) is 0 Å². The van der Waals surface area contributed by atoms with Gasteiger partial charge in [0.05, 0.1) is 11.5 Å². The van der Waals surface area contributed by atoms with Crippen LogP contribution in [0.25, 0.3) is 0 Å². The zero-order valence-corrected chi connectivity index (χ0v) is 14.8. The van der Waals surface area contributed by atoms with Gasteiger partial charge in [0.2, 0.25) is 0 Å². The normalized spacial score (nSPS) is 11.6. The average molecular weight is 352 g/mol. The Balaban J connectivity index is 1.88. The zero-order chi connectivity index (χ0) is 17.7. The van der Waals surface area contributed by atoms with Crippen LogP contribution in [0.4, 0.5) is 0 Å². The molecule has 128 valence electrons. The molecule has 3 aromatic carbocycles. The Hall–Kier alpha value is -2.43. The number of hydrogen-bond donors (Lipinski definition) is 0. The van der Waals surface area contributed by atoms with Gasteiger partial charge in [0, 0.05) is 5.92 Å². The molecule has 0 atom stereocenters. The summed E-state index contributed by atoms with van der Waals surface area (Å²) in [4.78, 5) is 0.217. The van der Waals surface area contributed by atoms with Crippen molar-refractivity contribution in [3.63, 3.8) is 0 Å². The van der Waals surface area contributed by atoms with E-state index < -0.39 is 10.1 Å². The van der Waals surface area contributed by atoms with Crippen LogP contribution < -0.4 is 0 Å². The summed E-state index contributed by atoms with van der Waals surface area (Å²) < 4.78 is 30.6. The molecule has 0 unspecified atom stereocenters. The van der Waals surface area contributed by atoms with E-state index in [4.69, 9.17) is 4.18 Å². The second-order valence-corrected chi connectivity index (χ2v) is 7.46. The second-order valence-electron chi connectivity index (χ2n) is 5.88. The first kappa shape index (κ1) is 17.4. The maximum absolute atomic E-state index is 12.6. The van der Waals surface area contributed by atoms with E-state index in [2.05, 4.69) is 0 Å². The molecular weight excluding hydrogens is 332 g/mol. The van der Waals surface area contributed by atoms with E-state index in [1.54, 1.807) is 25.1 Å². The average Bonchev–Trinajstić information content (AvgIpc) is 2.64. The van der Waals surface area contributed by atoms with Gasteiger partial charge in [0.25, 0.3) is 10.1 Å². The molecule has 0 saturated heterocycles. The van der Waals surface area contributed by atoms with Gasteiger partial charge in [-0.15, -0.1) is 0 Å². The van der Waals surface area contributed by atoms with E-state index in [0.29, 0.717) is 5.56 Å². The van der Waals surface area contributed by atoms with Gasteiger partial charge in [-0.05, 0) is 29.7 Å². The topological polar surface area (TPSA) is 43.4 Å². The molecule has 3 nitrogen and oxygen atoms in total. The Morgan fingerprint density at radius 3 is 1.76 bits per heavy atom. The van der Waals surface area contributed by atoms with Crippen LogP contribution in [0.3, 0.4) is 0 Å². The third-order valence-electron chi connectivity index (χ3n) is 4.16. The molecule has 0 aliphatic heterocycles. The first-order valence-corrected chi connectivity index (χ1v) is 9.54. The van der Waals surface area contributed by atoms with Crippen molar-refractivity contribution < 1.29 is 12.6 Å². The van der Waals surface area contributed by atoms with Crippen molar-refractivity contribution in [2.24, 2.45) is 0 Å². The van der Waals surface area contributed by atoms with E-state index in [-0.39, 0.29) is 17.4 Å². The van der Waals surface area contributed by atoms with Crippen molar-refractivity contribution >= 4 is 10.1 Å². The van der Waals surface area contributed by atoms with Crippen molar-refractivity contribution in [2.45, 2.75) is 17.7 Å². The molecule has 0 amide bonds. The predicted molar refractivity (Wildman–Crippen MR) is 99.0 cm³/mol. The molecule has 0 bridgehead atoms. The number of hydrogen-bond acceptors (Lipinski definition) is 3. The largest absolute Gasteiger partial charge is 0.297 e. The maximum atomic E-state index is 12.6. The molecule has 4 heteroatoms. The summed E-state index contributed by atoms with van der Waals surface area (Å²) in [6.45, 7) is 1.83. The van der Waals surface area contributed by atoms with E-state index >= 15 is 0 Å². The lowest BCUT2D eigenvalue weighted by Gasteiger charge is -2.18. The molecule has 0 N–H and O–H groups in total. The van der Waals surface area contributed by atoms with Crippen molar-refractivity contribution in [3.05, 3.63) is 102 Å². The summed E-state index contributed by atoms with van der Waals surface area (Å²) in [7, 11) is -3.80. The number of rotatable bonds is 6. The van der Waals surface area contributed by atoms with Gasteiger partial charge in [-0.25, -0.2) is 0 Å². The Morgan fingerprint density at radius 2 is 1.24 bits per heavy atom. The molecule has 0 saturated carbocycles. The van der Waals surface area contributed by atoms with Crippen molar-refractivity contribution in [1.29, 1.82) is 0 Å². The number of aryl methyl sites for hydroxylation is 1. The van der Waals surface area contributed by atoms with Gasteiger partial charge in [0.1, 0.15) is 0 Å². The highest BCUT2D eigenvalue weighted by Crippen LogP contribution is 2.27. The molecule has 3 rings (SSSR count). The second kappa shape index (κ2) is 7.64. The van der Waals surface area contributed by atoms with Crippen LogP contribution in [0.2, 0.25) is 0 Å². The Labute approximate surface area is 149 Å². The van der Waals surface area contributed by atoms with Gasteiger partial charge in [-0.2, -0.15) is 8.42 Å². The lowest BCUT2D eigenvalue weighted by atomic mass is 9.92. The smallest absolute Gasteiger partial charge is 0.265 e. The Bertz CT molecular complexity index is 880. The summed E-state index contributed by atoms with van der Waals surface area (Å²) in [5.41, 5.74) is 2.72. The van der Waals surface area contributed by atoms with Crippen LogP contribution in [0.1, 0.15) is 22.6 Å². The Morgan fingerprint density at radius 1 is 0.760 bits per heavy atom. The lowest BCUT2D eigenvalue weighted by molar-refractivity contribution is 0.305. The quantitative estimate of drug-likeness (QED) is 0.612. The minimum absolute atomic E-state index is 0.0602. The van der Waals surface area contributed by atoms with E-state index in [1.165, 1.54) is 0 Å². The minimum atomic E-state index is -3.80. The summed E-state index contributed by atoms with van der Waals surface area (Å²) in [5.74, 6) is -0.152. The van der Waals surface area contributed by atoms with Crippen molar-refractivity contribution in [1.82, 2.24) is 0 Å². The zero-order valence-electron chi connectivity index (χ0n) is 14.0. The first-order valence-electron chi connectivity index (χ1n) is 8.13. The lowest BCUT2D eigenvalue weighted by Crippen LogP contribution is -2.15. The summed E-state index contributed by atoms with van der Waals surface area (Å²) in [6, 6.07) is 26.5. The maximum Gasteiger partial charge on any atom is 0.297 e. The molecule has 0 aromatic heterocycles. The van der Waals surface area contributed by atoms with Crippen LogP contribution in [0.15, 0.2) is 89.8 Å². The molecule has 0 heterocycles. The van der Waals surface area contributed by atoms with Crippen molar-refractivity contribution in [2.75, 3.05) is 6.61 Å². The summed E-state index contributed by atoms with van der Waals surface area (Å²) in [5, 5.41) is 0. The monoisotopic (exact) mass is 352 g/mol. The van der Waals surface area contributed by atoms with E-state index in [1.807, 2.05) is 66.7 Å². The molecule has 0 radical (unpaired) electrons. The molecule has 0 spiro atoms. The van der Waals surface area contributed by atoms with E-state index in [9.17, 15) is 8.42 Å². The fourth-order valence-electron chi connectivity index (χ4n) is 2.81. The molecule has 0 aliphatic carbocycles. The molecule has 0 aliphatic rings. The highest BCUT2D eigenvalue weighted by atomic mass is 32.2. The van der Waals surface area contributed by atoms with Gasteiger partial charge in [-0.1, -0.05) is 78.9 Å². The molecule has 0 fully saturated rings. The SMILES string of the molecule is Cc1ccccc1S(=O)(=O)OCC(c1ccccc1)c1ccccc1. The van der Waals surface area contributed by atoms with Crippen LogP contribution in [0, 0.1) is 6.92 Å². The third kappa shape index (κ3) is 4.16. The molecular formula is C21H20O3S. The molecule has 25 heavy (non-hydrogen) atoms. The third-order valence-corrected chi connectivity index (χ3v) is 5.60. The van der Waals surface area contributed by atoms with Crippen LogP contribution >= 0.6 is 0 Å². The summed E-state index contributed by atoms with van der Waals surface area (Å²) >= 11 is 0. The van der Waals surface area contributed by atoms with Gasteiger partial charge >= 0.3 is 0 Å². The molecule has 3 aromatic rings. The van der Waals surface area contributed by atoms with Gasteiger partial charge in [0.15, 0.2) is 0 Å². The minimum Gasteiger partial charge on any atom is -0.265 e. The van der Waals surface area contributed by atoms with Gasteiger partial charge < -0.3 is 0 Å². The predicted octanol–water partition coefficient (Wildman–Crippen LogP) is 4.53. The Kier molecular flexibility index (Phi) is 5.31. The summed E-state index contributed by atoms with van der Waals surface area (Å²) in [6.07, 6.45) is 0.